The summed E-state index contributed by atoms with van der Waals surface area (Å²) in [5.41, 5.74) is 3.30. The van der Waals surface area contributed by atoms with Gasteiger partial charge in [0.25, 0.3) is 5.91 Å². The maximum absolute atomic E-state index is 13.2. The molecule has 3 heterocycles. The van der Waals surface area contributed by atoms with E-state index < -0.39 is 17.8 Å². The molecule has 170 valence electrons. The third kappa shape index (κ3) is 4.16. The molecule has 1 fully saturated rings. The molecule has 1 aromatic heterocycles. The minimum Gasteiger partial charge on any atom is -0.337 e. The number of hydrogen-bond acceptors (Lipinski definition) is 7. The molecule has 0 radical (unpaired) electrons. The summed E-state index contributed by atoms with van der Waals surface area (Å²) in [6, 6.07) is 9.85. The number of nitrogens with one attached hydrogen (secondary N) is 1. The molecule has 1 saturated heterocycles. The molecule has 3 aromatic rings. The quantitative estimate of drug-likeness (QED) is 0.600. The lowest BCUT2D eigenvalue weighted by molar-refractivity contribution is -0.138. The van der Waals surface area contributed by atoms with Gasteiger partial charge in [0.1, 0.15) is 24.7 Å². The Labute approximate surface area is 184 Å². The van der Waals surface area contributed by atoms with Crippen LogP contribution in [0.1, 0.15) is 29.5 Å². The van der Waals surface area contributed by atoms with E-state index in [2.05, 4.69) is 20.7 Å². The van der Waals surface area contributed by atoms with Crippen LogP contribution in [-0.2, 0) is 17.5 Å². The molecule has 0 saturated carbocycles. The molecule has 5 rings (SSSR count). The van der Waals surface area contributed by atoms with Gasteiger partial charge in [0.15, 0.2) is 0 Å². The number of benzene rings is 2. The van der Waals surface area contributed by atoms with Crippen LogP contribution in [0.3, 0.4) is 0 Å². The number of nitrogens with zero attached hydrogens (tertiary/aromatic N) is 5. The van der Waals surface area contributed by atoms with Gasteiger partial charge in [0.05, 0.1) is 11.6 Å². The second-order valence-electron chi connectivity index (χ2n) is 7.61. The van der Waals surface area contributed by atoms with E-state index >= 15 is 0 Å². The second kappa shape index (κ2) is 7.96. The number of carbonyl (C=O) groups is 1. The maximum Gasteiger partial charge on any atom is 0.416 e. The molecule has 33 heavy (non-hydrogen) atoms. The summed E-state index contributed by atoms with van der Waals surface area (Å²) >= 11 is 0. The van der Waals surface area contributed by atoms with Crippen LogP contribution in [0.2, 0.25) is 0 Å². The number of hydrogen-bond donors (Lipinski definition) is 1. The average Bonchev–Trinajstić information content (AvgIpc) is 3.44. The van der Waals surface area contributed by atoms with Crippen molar-refractivity contribution in [3.63, 3.8) is 0 Å². The van der Waals surface area contributed by atoms with Crippen molar-refractivity contribution < 1.29 is 26.9 Å². The Hall–Kier alpha value is -3.80. The number of hydrazone groups is 1. The Bertz CT molecular complexity index is 1210. The molecular formula is C21H16F4N6O2. The fourth-order valence-corrected chi connectivity index (χ4v) is 3.76. The smallest absolute Gasteiger partial charge is 0.337 e. The molecule has 2 unspecified atom stereocenters. The van der Waals surface area contributed by atoms with Crippen LogP contribution in [0, 0.1) is 5.82 Å². The van der Waals surface area contributed by atoms with Crippen molar-refractivity contribution in [2.24, 2.45) is 5.10 Å². The molecule has 1 amide bonds. The highest BCUT2D eigenvalue weighted by Gasteiger charge is 2.41. The molecule has 0 bridgehead atoms. The fraction of sp³-hybridized carbons (Fsp3) is 0.238. The lowest BCUT2D eigenvalue weighted by atomic mass is 10.0. The molecule has 12 heteroatoms. The van der Waals surface area contributed by atoms with Crippen molar-refractivity contribution in [2.45, 2.75) is 31.2 Å². The van der Waals surface area contributed by atoms with Gasteiger partial charge in [-0.2, -0.15) is 23.3 Å². The topological polar surface area (TPSA) is 86.9 Å². The monoisotopic (exact) mass is 460 g/mol. The summed E-state index contributed by atoms with van der Waals surface area (Å²) in [5.74, 6) is -0.650. The highest BCUT2D eigenvalue weighted by molar-refractivity contribution is 5.87. The predicted octanol–water partition coefficient (Wildman–Crippen LogP) is 3.50. The number of halogens is 4. The van der Waals surface area contributed by atoms with Crippen LogP contribution in [0.4, 0.5) is 17.6 Å². The fourth-order valence-electron chi connectivity index (χ4n) is 3.76. The summed E-state index contributed by atoms with van der Waals surface area (Å²) in [7, 11) is 0. The summed E-state index contributed by atoms with van der Waals surface area (Å²) in [6.07, 6.45) is -2.60. The van der Waals surface area contributed by atoms with Crippen LogP contribution in [0.15, 0.2) is 58.2 Å². The minimum atomic E-state index is -4.50. The van der Waals surface area contributed by atoms with E-state index in [0.29, 0.717) is 6.42 Å². The number of amides is 1. The Balaban J connectivity index is 1.28. The molecule has 0 spiro atoms. The first-order valence-electron chi connectivity index (χ1n) is 9.93. The molecule has 2 aromatic carbocycles. The van der Waals surface area contributed by atoms with Gasteiger partial charge in [0, 0.05) is 5.56 Å². The average molecular weight is 460 g/mol. The predicted molar refractivity (Wildman–Crippen MR) is 106 cm³/mol. The Morgan fingerprint density at radius 2 is 1.94 bits per heavy atom. The molecule has 2 atom stereocenters. The van der Waals surface area contributed by atoms with Crippen LogP contribution in [0.25, 0.3) is 11.4 Å². The first-order chi connectivity index (χ1) is 15.8. The zero-order valence-corrected chi connectivity index (χ0v) is 16.8. The van der Waals surface area contributed by atoms with Gasteiger partial charge in [0.2, 0.25) is 11.7 Å². The van der Waals surface area contributed by atoms with E-state index in [-0.39, 0.29) is 41.6 Å². The summed E-state index contributed by atoms with van der Waals surface area (Å²) in [6.45, 7) is -0.132. The number of rotatable bonds is 4. The second-order valence-corrected chi connectivity index (χ2v) is 7.61. The van der Waals surface area contributed by atoms with Gasteiger partial charge in [-0.05, 0) is 36.2 Å². The molecule has 2 aliphatic heterocycles. The van der Waals surface area contributed by atoms with Gasteiger partial charge >= 0.3 is 6.18 Å². The SMILES string of the molecule is O=C1C2CC(c3ccc(F)cc3)NN2C=NN1Cc1nc(-c2cccc(C(F)(F)F)c2)no1. The Morgan fingerprint density at radius 1 is 1.15 bits per heavy atom. The number of hydrazine groups is 1. The largest absolute Gasteiger partial charge is 0.416 e. The standard InChI is InChI=1S/C21H16F4N6O2/c22-15-6-4-12(5-7-15)16-9-17-20(32)30(26-11-31(17)28-16)10-18-27-19(29-33-18)13-2-1-3-14(8-13)21(23,24)25/h1-8,11,16-17,28H,9-10H2. The van der Waals surface area contributed by atoms with Crippen LogP contribution in [0.5, 0.6) is 0 Å². The van der Waals surface area contributed by atoms with Crippen LogP contribution < -0.4 is 5.43 Å². The van der Waals surface area contributed by atoms with Crippen molar-refractivity contribution in [2.75, 3.05) is 0 Å². The van der Waals surface area contributed by atoms with Gasteiger partial charge in [-0.25, -0.2) is 14.8 Å². The summed E-state index contributed by atoms with van der Waals surface area (Å²) < 4.78 is 57.2. The van der Waals surface area contributed by atoms with Crippen LogP contribution >= 0.6 is 0 Å². The van der Waals surface area contributed by atoms with E-state index in [0.717, 1.165) is 17.7 Å². The Kier molecular flexibility index (Phi) is 5.08. The molecule has 2 aliphatic rings. The van der Waals surface area contributed by atoms with Crippen molar-refractivity contribution in [3.05, 3.63) is 71.4 Å². The maximum atomic E-state index is 13.2. The third-order valence-electron chi connectivity index (χ3n) is 5.43. The zero-order valence-electron chi connectivity index (χ0n) is 16.8. The summed E-state index contributed by atoms with van der Waals surface area (Å²) in [5, 5.41) is 10.6. The van der Waals surface area contributed by atoms with Gasteiger partial charge in [-0.3, -0.25) is 9.80 Å². The van der Waals surface area contributed by atoms with E-state index in [1.807, 2.05) is 0 Å². The van der Waals surface area contributed by atoms with E-state index in [4.69, 9.17) is 4.52 Å². The van der Waals surface area contributed by atoms with E-state index in [1.54, 1.807) is 17.1 Å². The first kappa shape index (κ1) is 21.1. The van der Waals surface area contributed by atoms with Crippen molar-refractivity contribution in [1.82, 2.24) is 25.6 Å². The highest BCUT2D eigenvalue weighted by Crippen LogP contribution is 2.32. The van der Waals surface area contributed by atoms with E-state index in [1.165, 1.54) is 35.6 Å². The number of fused-ring (bicyclic) bond motifs is 1. The molecule has 8 nitrogen and oxygen atoms in total. The molecule has 1 N–H and O–H groups in total. The van der Waals surface area contributed by atoms with Gasteiger partial charge in [-0.15, -0.1) is 0 Å². The number of aromatic nitrogens is 2. The first-order valence-corrected chi connectivity index (χ1v) is 9.93. The lowest BCUT2D eigenvalue weighted by Crippen LogP contribution is -2.50. The molecule has 0 aliphatic carbocycles. The molecular weight excluding hydrogens is 444 g/mol. The normalized spacial score (nSPS) is 20.4. The van der Waals surface area contributed by atoms with Crippen molar-refractivity contribution in [1.29, 1.82) is 0 Å². The van der Waals surface area contributed by atoms with Crippen molar-refractivity contribution in [3.8, 4) is 11.4 Å². The summed E-state index contributed by atoms with van der Waals surface area (Å²) in [4.78, 5) is 17.0. The lowest BCUT2D eigenvalue weighted by Gasteiger charge is -2.29. The minimum absolute atomic E-state index is 0.0231. The Morgan fingerprint density at radius 3 is 2.70 bits per heavy atom. The number of alkyl halides is 3. The van der Waals surface area contributed by atoms with Crippen molar-refractivity contribution >= 4 is 12.2 Å². The highest BCUT2D eigenvalue weighted by atomic mass is 19.4. The third-order valence-corrected chi connectivity index (χ3v) is 5.43. The zero-order chi connectivity index (χ0) is 23.2. The van der Waals surface area contributed by atoms with Gasteiger partial charge in [-0.1, -0.05) is 29.4 Å². The number of carbonyl (C=O) groups excluding carboxylic acids is 1. The van der Waals surface area contributed by atoms with Gasteiger partial charge < -0.3 is 4.52 Å². The van der Waals surface area contributed by atoms with Crippen LogP contribution in [-0.4, -0.2) is 38.4 Å². The van der Waals surface area contributed by atoms with E-state index in [9.17, 15) is 22.4 Å².